The SMILES string of the molecule is CCOC(=O)c1c(O)c2cc([N+](=O)[O-])c(CC)cc2n1C. The number of carbonyl (C=O) groups is 1. The second-order valence-corrected chi connectivity index (χ2v) is 4.59. The number of aryl methyl sites for hydroxylation is 2. The first-order valence-electron chi connectivity index (χ1n) is 6.58. The van der Waals surface area contributed by atoms with Gasteiger partial charge in [0.25, 0.3) is 5.69 Å². The molecule has 1 N–H and O–H groups in total. The smallest absolute Gasteiger partial charge is 0.358 e. The van der Waals surface area contributed by atoms with Crippen molar-refractivity contribution in [3.63, 3.8) is 0 Å². The number of rotatable bonds is 4. The van der Waals surface area contributed by atoms with Gasteiger partial charge in [-0.15, -0.1) is 0 Å². The molecule has 0 aliphatic rings. The average Bonchev–Trinajstić information content (AvgIpc) is 2.69. The molecule has 1 aromatic heterocycles. The van der Waals surface area contributed by atoms with Gasteiger partial charge in [0.15, 0.2) is 11.4 Å². The van der Waals surface area contributed by atoms with Crippen LogP contribution in [-0.2, 0) is 18.2 Å². The van der Waals surface area contributed by atoms with E-state index in [1.165, 1.54) is 10.6 Å². The number of fused-ring (bicyclic) bond motifs is 1. The average molecular weight is 292 g/mol. The Kier molecular flexibility index (Phi) is 3.84. The third kappa shape index (κ3) is 2.31. The summed E-state index contributed by atoms with van der Waals surface area (Å²) < 4.78 is 6.39. The molecule has 0 atom stereocenters. The van der Waals surface area contributed by atoms with Gasteiger partial charge < -0.3 is 14.4 Å². The van der Waals surface area contributed by atoms with Gasteiger partial charge in [0.05, 0.1) is 17.0 Å². The number of benzene rings is 1. The third-order valence-corrected chi connectivity index (χ3v) is 3.42. The maximum Gasteiger partial charge on any atom is 0.358 e. The fourth-order valence-electron chi connectivity index (χ4n) is 2.38. The van der Waals surface area contributed by atoms with Crippen LogP contribution in [0.2, 0.25) is 0 Å². The number of aromatic nitrogens is 1. The summed E-state index contributed by atoms with van der Waals surface area (Å²) in [7, 11) is 1.61. The Bertz CT molecular complexity index is 733. The summed E-state index contributed by atoms with van der Waals surface area (Å²) in [6, 6.07) is 2.92. The summed E-state index contributed by atoms with van der Waals surface area (Å²) in [6.07, 6.45) is 0.479. The number of nitro groups is 1. The lowest BCUT2D eigenvalue weighted by Gasteiger charge is -2.04. The molecule has 2 aromatic rings. The van der Waals surface area contributed by atoms with Crippen molar-refractivity contribution in [2.75, 3.05) is 6.61 Å². The highest BCUT2D eigenvalue weighted by Gasteiger charge is 2.25. The van der Waals surface area contributed by atoms with Crippen LogP contribution in [0, 0.1) is 10.1 Å². The molecule has 0 saturated heterocycles. The number of hydrogen-bond donors (Lipinski definition) is 1. The van der Waals surface area contributed by atoms with Gasteiger partial charge in [0, 0.05) is 24.1 Å². The minimum atomic E-state index is -0.658. The highest BCUT2D eigenvalue weighted by atomic mass is 16.6. The molecule has 0 bridgehead atoms. The summed E-state index contributed by atoms with van der Waals surface area (Å²) in [5, 5.41) is 21.6. The minimum absolute atomic E-state index is 0.00518. The maximum absolute atomic E-state index is 11.9. The van der Waals surface area contributed by atoms with Crippen LogP contribution in [0.15, 0.2) is 12.1 Å². The fraction of sp³-hybridized carbons (Fsp3) is 0.357. The maximum atomic E-state index is 11.9. The normalized spacial score (nSPS) is 10.8. The fourth-order valence-corrected chi connectivity index (χ4v) is 2.38. The standard InChI is InChI=1S/C14H16N2O5/c1-4-8-6-11-9(7-10(8)16(19)20)13(17)12(15(11)3)14(18)21-5-2/h6-7,17H,4-5H2,1-3H3. The van der Waals surface area contributed by atoms with E-state index in [0.29, 0.717) is 17.5 Å². The molecule has 112 valence electrons. The lowest BCUT2D eigenvalue weighted by molar-refractivity contribution is -0.385. The molecule has 0 aliphatic heterocycles. The van der Waals surface area contributed by atoms with Gasteiger partial charge in [-0.3, -0.25) is 10.1 Å². The number of esters is 1. The van der Waals surface area contributed by atoms with E-state index in [-0.39, 0.29) is 29.1 Å². The van der Waals surface area contributed by atoms with Crippen LogP contribution in [0.5, 0.6) is 5.75 Å². The first-order valence-corrected chi connectivity index (χ1v) is 6.58. The van der Waals surface area contributed by atoms with Gasteiger partial charge in [-0.1, -0.05) is 6.92 Å². The van der Waals surface area contributed by atoms with E-state index < -0.39 is 10.9 Å². The molecule has 2 rings (SSSR count). The number of ether oxygens (including phenoxy) is 1. The molecule has 7 heteroatoms. The van der Waals surface area contributed by atoms with Crippen molar-refractivity contribution < 1.29 is 19.6 Å². The van der Waals surface area contributed by atoms with Crippen molar-refractivity contribution in [1.82, 2.24) is 4.57 Å². The second kappa shape index (κ2) is 5.43. The Morgan fingerprint density at radius 3 is 2.62 bits per heavy atom. The van der Waals surface area contributed by atoms with Crippen LogP contribution >= 0.6 is 0 Å². The van der Waals surface area contributed by atoms with Gasteiger partial charge in [-0.05, 0) is 19.4 Å². The van der Waals surface area contributed by atoms with Crippen molar-refractivity contribution in [3.05, 3.63) is 33.5 Å². The summed E-state index contributed by atoms with van der Waals surface area (Å²) in [5.74, 6) is -0.953. The van der Waals surface area contributed by atoms with E-state index >= 15 is 0 Å². The number of nitrogens with zero attached hydrogens (tertiary/aromatic N) is 2. The van der Waals surface area contributed by atoms with E-state index in [2.05, 4.69) is 0 Å². The van der Waals surface area contributed by atoms with Gasteiger partial charge in [0.2, 0.25) is 0 Å². The lowest BCUT2D eigenvalue weighted by atomic mass is 10.1. The molecule has 0 fully saturated rings. The monoisotopic (exact) mass is 292 g/mol. The zero-order valence-electron chi connectivity index (χ0n) is 12.0. The molecule has 0 aliphatic carbocycles. The molecular formula is C14H16N2O5. The van der Waals surface area contributed by atoms with E-state index in [1.54, 1.807) is 20.0 Å². The Morgan fingerprint density at radius 2 is 2.10 bits per heavy atom. The Hall–Kier alpha value is -2.57. The van der Waals surface area contributed by atoms with Crippen molar-refractivity contribution in [2.45, 2.75) is 20.3 Å². The third-order valence-electron chi connectivity index (χ3n) is 3.42. The lowest BCUT2D eigenvalue weighted by Crippen LogP contribution is -2.09. The Balaban J connectivity index is 2.77. The first kappa shape index (κ1) is 14.8. The minimum Gasteiger partial charge on any atom is -0.505 e. The van der Waals surface area contributed by atoms with Crippen molar-refractivity contribution in [1.29, 1.82) is 0 Å². The van der Waals surface area contributed by atoms with Crippen LogP contribution in [0.1, 0.15) is 29.9 Å². The number of hydrogen-bond acceptors (Lipinski definition) is 5. The molecule has 0 spiro atoms. The molecule has 7 nitrogen and oxygen atoms in total. The first-order chi connectivity index (χ1) is 9.92. The van der Waals surface area contributed by atoms with Crippen molar-refractivity contribution >= 4 is 22.6 Å². The van der Waals surface area contributed by atoms with Crippen LogP contribution in [0.25, 0.3) is 10.9 Å². The van der Waals surface area contributed by atoms with E-state index in [9.17, 15) is 20.0 Å². The second-order valence-electron chi connectivity index (χ2n) is 4.59. The van der Waals surface area contributed by atoms with E-state index in [1.807, 2.05) is 6.92 Å². The predicted octanol–water partition coefficient (Wildman–Crippen LogP) is 2.53. The van der Waals surface area contributed by atoms with Crippen LogP contribution in [-0.4, -0.2) is 27.2 Å². The molecule has 0 unspecified atom stereocenters. The summed E-state index contributed by atoms with van der Waals surface area (Å²) in [4.78, 5) is 22.5. The highest BCUT2D eigenvalue weighted by molar-refractivity contribution is 6.02. The number of nitro benzene ring substituents is 1. The zero-order chi connectivity index (χ0) is 15.7. The van der Waals surface area contributed by atoms with Gasteiger partial charge in [0.1, 0.15) is 0 Å². The van der Waals surface area contributed by atoms with Crippen LogP contribution in [0.3, 0.4) is 0 Å². The highest BCUT2D eigenvalue weighted by Crippen LogP contribution is 2.36. The van der Waals surface area contributed by atoms with E-state index in [0.717, 1.165) is 0 Å². The Labute approximate surface area is 120 Å². The zero-order valence-corrected chi connectivity index (χ0v) is 12.0. The molecule has 0 amide bonds. The van der Waals surface area contributed by atoms with Crippen molar-refractivity contribution in [3.8, 4) is 5.75 Å². The molecule has 0 saturated carbocycles. The molecule has 0 radical (unpaired) electrons. The van der Waals surface area contributed by atoms with E-state index in [4.69, 9.17) is 4.74 Å². The summed E-state index contributed by atoms with van der Waals surface area (Å²) in [6.45, 7) is 3.65. The Morgan fingerprint density at radius 1 is 1.43 bits per heavy atom. The largest absolute Gasteiger partial charge is 0.505 e. The van der Waals surface area contributed by atoms with Gasteiger partial charge >= 0.3 is 5.97 Å². The van der Waals surface area contributed by atoms with Crippen LogP contribution < -0.4 is 0 Å². The number of carbonyl (C=O) groups excluding carboxylic acids is 1. The quantitative estimate of drug-likeness (QED) is 0.531. The number of aromatic hydroxyl groups is 1. The van der Waals surface area contributed by atoms with Gasteiger partial charge in [-0.2, -0.15) is 0 Å². The molecule has 21 heavy (non-hydrogen) atoms. The predicted molar refractivity (Wildman–Crippen MR) is 76.6 cm³/mol. The van der Waals surface area contributed by atoms with Crippen molar-refractivity contribution in [2.24, 2.45) is 7.05 Å². The van der Waals surface area contributed by atoms with Gasteiger partial charge in [-0.25, -0.2) is 4.79 Å². The summed E-state index contributed by atoms with van der Waals surface area (Å²) >= 11 is 0. The van der Waals surface area contributed by atoms with Crippen LogP contribution in [0.4, 0.5) is 5.69 Å². The topological polar surface area (TPSA) is 94.6 Å². The summed E-state index contributed by atoms with van der Waals surface area (Å²) in [5.41, 5.74) is 1.03. The molecular weight excluding hydrogens is 276 g/mol. The molecule has 1 heterocycles. The molecule has 1 aromatic carbocycles.